The van der Waals surface area contributed by atoms with Gasteiger partial charge in [0.1, 0.15) is 5.82 Å². The van der Waals surface area contributed by atoms with Crippen LogP contribution in [0.3, 0.4) is 0 Å². The predicted molar refractivity (Wildman–Crippen MR) is 83.6 cm³/mol. The minimum atomic E-state index is -3.77. The third kappa shape index (κ3) is 3.61. The summed E-state index contributed by atoms with van der Waals surface area (Å²) >= 11 is 3.33. The molecule has 0 heterocycles. The number of benzene rings is 2. The fourth-order valence-corrected chi connectivity index (χ4v) is 3.44. The lowest BCUT2D eigenvalue weighted by molar-refractivity contribution is 0.466. The van der Waals surface area contributed by atoms with E-state index in [2.05, 4.69) is 15.9 Å². The molecule has 0 spiro atoms. The molecule has 0 unspecified atom stereocenters. The van der Waals surface area contributed by atoms with Crippen molar-refractivity contribution in [2.24, 2.45) is 0 Å². The summed E-state index contributed by atoms with van der Waals surface area (Å²) in [7, 11) is -2.32. The minimum absolute atomic E-state index is 0.0800. The lowest BCUT2D eigenvalue weighted by Crippen LogP contribution is -2.26. The molecule has 0 radical (unpaired) electrons. The number of nitrogen functional groups attached to an aromatic ring is 1. The van der Waals surface area contributed by atoms with Gasteiger partial charge in [-0.3, -0.25) is 0 Å². The zero-order valence-corrected chi connectivity index (χ0v) is 13.7. The molecule has 0 aliphatic heterocycles. The van der Waals surface area contributed by atoms with Gasteiger partial charge in [-0.1, -0.05) is 28.1 Å². The van der Waals surface area contributed by atoms with Gasteiger partial charge in [-0.2, -0.15) is 4.31 Å². The van der Waals surface area contributed by atoms with Crippen LogP contribution in [-0.4, -0.2) is 19.8 Å². The molecule has 2 aromatic carbocycles. The molecule has 4 nitrogen and oxygen atoms in total. The number of nitrogens with two attached hydrogens (primary N) is 1. The smallest absolute Gasteiger partial charge is 0.243 e. The SMILES string of the molecule is CN(Cc1cccc(Br)c1)S(=O)(=O)c1ccc(N)c(F)c1. The van der Waals surface area contributed by atoms with Gasteiger partial charge in [-0.25, -0.2) is 12.8 Å². The van der Waals surface area contributed by atoms with Crippen LogP contribution >= 0.6 is 15.9 Å². The molecule has 0 amide bonds. The van der Waals surface area contributed by atoms with Gasteiger partial charge in [-0.05, 0) is 35.9 Å². The van der Waals surface area contributed by atoms with Crippen molar-refractivity contribution < 1.29 is 12.8 Å². The number of hydrogen-bond acceptors (Lipinski definition) is 3. The first-order valence-corrected chi connectivity index (χ1v) is 8.30. The van der Waals surface area contributed by atoms with Crippen molar-refractivity contribution in [1.82, 2.24) is 4.31 Å². The van der Waals surface area contributed by atoms with Crippen molar-refractivity contribution in [3.8, 4) is 0 Å². The average Bonchev–Trinajstić information content (AvgIpc) is 2.41. The highest BCUT2D eigenvalue weighted by Gasteiger charge is 2.22. The number of anilines is 1. The molecule has 2 aromatic rings. The van der Waals surface area contributed by atoms with Crippen molar-refractivity contribution in [3.05, 3.63) is 58.3 Å². The molecule has 0 aliphatic rings. The predicted octanol–water partition coefficient (Wildman–Crippen LogP) is 2.99. The van der Waals surface area contributed by atoms with Crippen LogP contribution in [0.2, 0.25) is 0 Å². The molecule has 0 atom stereocenters. The van der Waals surface area contributed by atoms with Crippen molar-refractivity contribution in [3.63, 3.8) is 0 Å². The van der Waals surface area contributed by atoms with Gasteiger partial charge < -0.3 is 5.73 Å². The quantitative estimate of drug-likeness (QED) is 0.839. The summed E-state index contributed by atoms with van der Waals surface area (Å²) in [5, 5.41) is 0. The molecule has 2 N–H and O–H groups in total. The Balaban J connectivity index is 2.28. The molecule has 0 saturated carbocycles. The zero-order valence-electron chi connectivity index (χ0n) is 11.3. The molecule has 0 aromatic heterocycles. The topological polar surface area (TPSA) is 63.4 Å². The summed E-state index contributed by atoms with van der Waals surface area (Å²) in [4.78, 5) is -0.119. The molecular weight excluding hydrogens is 359 g/mol. The van der Waals surface area contributed by atoms with E-state index in [0.29, 0.717) is 0 Å². The van der Waals surface area contributed by atoms with E-state index in [4.69, 9.17) is 5.73 Å². The van der Waals surface area contributed by atoms with E-state index in [1.54, 1.807) is 0 Å². The van der Waals surface area contributed by atoms with E-state index >= 15 is 0 Å². The van der Waals surface area contributed by atoms with Crippen LogP contribution in [0.15, 0.2) is 51.8 Å². The highest BCUT2D eigenvalue weighted by Crippen LogP contribution is 2.21. The molecule has 0 saturated heterocycles. The number of halogens is 2. The standard InChI is InChI=1S/C14H14BrFN2O2S/c1-18(9-10-3-2-4-11(15)7-10)21(19,20)12-5-6-14(17)13(16)8-12/h2-8H,9,17H2,1H3. The van der Waals surface area contributed by atoms with E-state index in [1.165, 1.54) is 23.5 Å². The van der Waals surface area contributed by atoms with Gasteiger partial charge in [-0.15, -0.1) is 0 Å². The molecule has 112 valence electrons. The van der Waals surface area contributed by atoms with E-state index in [1.807, 2.05) is 24.3 Å². The van der Waals surface area contributed by atoms with Crippen LogP contribution in [0, 0.1) is 5.82 Å². The first-order valence-electron chi connectivity index (χ1n) is 6.06. The van der Waals surface area contributed by atoms with E-state index in [-0.39, 0.29) is 17.1 Å². The van der Waals surface area contributed by atoms with Crippen molar-refractivity contribution >= 4 is 31.6 Å². The maximum atomic E-state index is 13.4. The third-order valence-electron chi connectivity index (χ3n) is 2.97. The maximum Gasteiger partial charge on any atom is 0.243 e. The number of nitrogens with zero attached hydrogens (tertiary/aromatic N) is 1. The number of hydrogen-bond donors (Lipinski definition) is 1. The first-order chi connectivity index (χ1) is 9.80. The summed E-state index contributed by atoms with van der Waals surface area (Å²) in [5.74, 6) is -0.744. The monoisotopic (exact) mass is 372 g/mol. The van der Waals surface area contributed by atoms with Crippen molar-refractivity contribution in [1.29, 1.82) is 0 Å². The highest BCUT2D eigenvalue weighted by molar-refractivity contribution is 9.10. The van der Waals surface area contributed by atoms with Crippen LogP contribution in [0.5, 0.6) is 0 Å². The molecule has 0 bridgehead atoms. The third-order valence-corrected chi connectivity index (χ3v) is 5.27. The second-order valence-electron chi connectivity index (χ2n) is 4.57. The Hall–Kier alpha value is -1.44. The summed E-state index contributed by atoms with van der Waals surface area (Å²) in [6.45, 7) is 0.188. The Morgan fingerprint density at radius 2 is 1.95 bits per heavy atom. The van der Waals surface area contributed by atoms with Crippen LogP contribution in [0.4, 0.5) is 10.1 Å². The normalized spacial score (nSPS) is 11.8. The van der Waals surface area contributed by atoms with E-state index in [9.17, 15) is 12.8 Å². The van der Waals surface area contributed by atoms with E-state index < -0.39 is 15.8 Å². The molecule has 7 heteroatoms. The Kier molecular flexibility index (Phi) is 4.65. The Bertz CT molecular complexity index is 765. The van der Waals surface area contributed by atoms with Gasteiger partial charge in [0, 0.05) is 18.1 Å². The van der Waals surface area contributed by atoms with Gasteiger partial charge in [0.05, 0.1) is 10.6 Å². The Morgan fingerprint density at radius 3 is 2.57 bits per heavy atom. The van der Waals surface area contributed by atoms with Gasteiger partial charge in [0.15, 0.2) is 0 Å². The maximum absolute atomic E-state index is 13.4. The molecule has 2 rings (SSSR count). The molecule has 21 heavy (non-hydrogen) atoms. The highest BCUT2D eigenvalue weighted by atomic mass is 79.9. The lowest BCUT2D eigenvalue weighted by Gasteiger charge is -2.17. The first kappa shape index (κ1) is 15.9. The fourth-order valence-electron chi connectivity index (χ4n) is 1.83. The number of rotatable bonds is 4. The largest absolute Gasteiger partial charge is 0.396 e. The van der Waals surface area contributed by atoms with Crippen LogP contribution in [-0.2, 0) is 16.6 Å². The summed E-state index contributed by atoms with van der Waals surface area (Å²) in [6.07, 6.45) is 0. The summed E-state index contributed by atoms with van der Waals surface area (Å²) < 4.78 is 40.3. The van der Waals surface area contributed by atoms with Crippen LogP contribution in [0.25, 0.3) is 0 Å². The second-order valence-corrected chi connectivity index (χ2v) is 7.53. The Morgan fingerprint density at radius 1 is 1.24 bits per heavy atom. The van der Waals surface area contributed by atoms with Crippen LogP contribution in [0.1, 0.15) is 5.56 Å². The van der Waals surface area contributed by atoms with Gasteiger partial charge >= 0.3 is 0 Å². The van der Waals surface area contributed by atoms with Gasteiger partial charge in [0.25, 0.3) is 0 Å². The van der Waals surface area contributed by atoms with Crippen molar-refractivity contribution in [2.75, 3.05) is 12.8 Å². The van der Waals surface area contributed by atoms with Crippen molar-refractivity contribution in [2.45, 2.75) is 11.4 Å². The molecule has 0 aliphatic carbocycles. The van der Waals surface area contributed by atoms with E-state index in [0.717, 1.165) is 16.1 Å². The average molecular weight is 373 g/mol. The van der Waals surface area contributed by atoms with Gasteiger partial charge in [0.2, 0.25) is 10.0 Å². The lowest BCUT2D eigenvalue weighted by atomic mass is 10.2. The summed E-state index contributed by atoms with van der Waals surface area (Å²) in [6, 6.07) is 10.8. The molecular formula is C14H14BrFN2O2S. The fraction of sp³-hybridized carbons (Fsp3) is 0.143. The summed E-state index contributed by atoms with van der Waals surface area (Å²) in [5.41, 5.74) is 6.10. The van der Waals surface area contributed by atoms with Crippen LogP contribution < -0.4 is 5.73 Å². The number of sulfonamides is 1. The Labute approximate surface area is 131 Å². The molecule has 0 fully saturated rings. The second kappa shape index (κ2) is 6.13. The zero-order chi connectivity index (χ0) is 15.6. The minimum Gasteiger partial charge on any atom is -0.396 e.